The maximum atomic E-state index is 12.4. The van der Waals surface area contributed by atoms with E-state index in [1.54, 1.807) is 6.92 Å². The average Bonchev–Trinajstić information content (AvgIpc) is 3.09. The molecule has 8 nitrogen and oxygen atoms in total. The Morgan fingerprint density at radius 2 is 2.19 bits per heavy atom. The second-order valence-corrected chi connectivity index (χ2v) is 6.27. The van der Waals surface area contributed by atoms with E-state index >= 15 is 0 Å². The summed E-state index contributed by atoms with van der Waals surface area (Å²) in [5.74, 6) is -2.20. The van der Waals surface area contributed by atoms with E-state index in [4.69, 9.17) is 14.3 Å². The van der Waals surface area contributed by atoms with Gasteiger partial charge in [0.05, 0.1) is 6.61 Å². The SMILES string of the molecule is CCOC(=O)c1ccc(S(=O)(=O)N2CCC[C@H]2C(=O)O)o1. The zero-order valence-corrected chi connectivity index (χ0v) is 12.1. The van der Waals surface area contributed by atoms with Crippen molar-refractivity contribution in [2.45, 2.75) is 30.9 Å². The molecule has 0 radical (unpaired) electrons. The van der Waals surface area contributed by atoms with Crippen LogP contribution in [0.1, 0.15) is 30.3 Å². The molecule has 2 heterocycles. The molecule has 1 saturated heterocycles. The van der Waals surface area contributed by atoms with E-state index in [0.717, 1.165) is 10.4 Å². The van der Waals surface area contributed by atoms with Gasteiger partial charge < -0.3 is 14.3 Å². The highest BCUT2D eigenvalue weighted by molar-refractivity contribution is 7.89. The standard InChI is InChI=1S/C12H15NO7S/c1-2-19-12(16)9-5-6-10(20-9)21(17,18)13-7-3-4-8(13)11(14)15/h5-6,8H,2-4,7H2,1H3,(H,14,15)/t8-/m0/s1. The summed E-state index contributed by atoms with van der Waals surface area (Å²) in [5.41, 5.74) is 0. The summed E-state index contributed by atoms with van der Waals surface area (Å²) < 4.78 is 35.3. The highest BCUT2D eigenvalue weighted by Crippen LogP contribution is 2.27. The number of hydrogen-bond acceptors (Lipinski definition) is 6. The Kier molecular flexibility index (Phi) is 4.33. The number of carboxylic acid groups (broad SMARTS) is 1. The van der Waals surface area contributed by atoms with E-state index < -0.39 is 33.1 Å². The van der Waals surface area contributed by atoms with Gasteiger partial charge in [-0.1, -0.05) is 0 Å². The number of nitrogens with zero attached hydrogens (tertiary/aromatic N) is 1. The zero-order chi connectivity index (χ0) is 15.6. The molecule has 1 atom stereocenters. The lowest BCUT2D eigenvalue weighted by atomic mass is 10.2. The first-order valence-corrected chi connectivity index (χ1v) is 7.83. The molecule has 1 aromatic rings. The summed E-state index contributed by atoms with van der Waals surface area (Å²) in [7, 11) is -4.08. The van der Waals surface area contributed by atoms with Crippen LogP contribution in [0.2, 0.25) is 0 Å². The Morgan fingerprint density at radius 1 is 1.48 bits per heavy atom. The predicted octanol–water partition coefficient (Wildman–Crippen LogP) is 0.694. The number of carbonyl (C=O) groups is 2. The molecule has 0 bridgehead atoms. The molecule has 0 saturated carbocycles. The minimum absolute atomic E-state index is 0.106. The van der Waals surface area contributed by atoms with Crippen molar-refractivity contribution in [3.8, 4) is 0 Å². The number of sulfonamides is 1. The van der Waals surface area contributed by atoms with E-state index in [-0.39, 0.29) is 25.3 Å². The molecule has 116 valence electrons. The number of carbonyl (C=O) groups excluding carboxylic acids is 1. The third kappa shape index (κ3) is 2.93. The van der Waals surface area contributed by atoms with Crippen molar-refractivity contribution < 1.29 is 32.3 Å². The fourth-order valence-electron chi connectivity index (χ4n) is 2.16. The summed E-state index contributed by atoms with van der Waals surface area (Å²) in [4.78, 5) is 22.5. The van der Waals surface area contributed by atoms with E-state index in [0.29, 0.717) is 6.42 Å². The Hall–Kier alpha value is -1.87. The summed E-state index contributed by atoms with van der Waals surface area (Å²) in [6, 6.07) is 1.21. The Balaban J connectivity index is 2.28. The maximum Gasteiger partial charge on any atom is 0.374 e. The first-order chi connectivity index (χ1) is 9.87. The molecular weight excluding hydrogens is 302 g/mol. The van der Waals surface area contributed by atoms with Crippen molar-refractivity contribution in [2.24, 2.45) is 0 Å². The smallest absolute Gasteiger partial charge is 0.374 e. The normalized spacial score (nSPS) is 19.6. The van der Waals surface area contributed by atoms with Gasteiger partial charge in [-0.15, -0.1) is 0 Å². The van der Waals surface area contributed by atoms with Crippen LogP contribution >= 0.6 is 0 Å². The Labute approximate surface area is 121 Å². The molecule has 1 aromatic heterocycles. The van der Waals surface area contributed by atoms with Crippen LogP contribution in [0.4, 0.5) is 0 Å². The third-order valence-corrected chi connectivity index (χ3v) is 4.89. The Bertz CT molecular complexity index is 648. The second kappa shape index (κ2) is 5.86. The lowest BCUT2D eigenvalue weighted by Gasteiger charge is -2.19. The molecule has 0 unspecified atom stereocenters. The molecule has 1 aliphatic rings. The van der Waals surface area contributed by atoms with Crippen molar-refractivity contribution in [1.82, 2.24) is 4.31 Å². The monoisotopic (exact) mass is 317 g/mol. The fraction of sp³-hybridized carbons (Fsp3) is 0.500. The van der Waals surface area contributed by atoms with Gasteiger partial charge in [0.2, 0.25) is 10.9 Å². The highest BCUT2D eigenvalue weighted by atomic mass is 32.2. The van der Waals surface area contributed by atoms with Crippen LogP contribution in [-0.2, 0) is 19.6 Å². The van der Waals surface area contributed by atoms with E-state index in [1.165, 1.54) is 6.07 Å². The maximum absolute atomic E-state index is 12.4. The first-order valence-electron chi connectivity index (χ1n) is 6.39. The van der Waals surface area contributed by atoms with Crippen molar-refractivity contribution >= 4 is 22.0 Å². The molecule has 0 amide bonds. The predicted molar refractivity (Wildman–Crippen MR) is 69.2 cm³/mol. The molecule has 2 rings (SSSR count). The van der Waals surface area contributed by atoms with Crippen LogP contribution in [-0.4, -0.2) is 49.0 Å². The van der Waals surface area contributed by atoms with Gasteiger partial charge in [0.1, 0.15) is 6.04 Å². The van der Waals surface area contributed by atoms with Crippen LogP contribution in [0.25, 0.3) is 0 Å². The molecule has 0 aromatic carbocycles. The molecule has 9 heteroatoms. The third-order valence-electron chi connectivity index (χ3n) is 3.11. The van der Waals surface area contributed by atoms with Gasteiger partial charge in [-0.05, 0) is 31.9 Å². The lowest BCUT2D eigenvalue weighted by Crippen LogP contribution is -2.40. The number of ether oxygens (including phenoxy) is 1. The number of esters is 1. The van der Waals surface area contributed by atoms with Crippen LogP contribution in [0.5, 0.6) is 0 Å². The number of furan rings is 1. The van der Waals surface area contributed by atoms with E-state index in [2.05, 4.69) is 0 Å². The summed E-state index contributed by atoms with van der Waals surface area (Å²) >= 11 is 0. The number of aliphatic carboxylic acids is 1. The van der Waals surface area contributed by atoms with Crippen LogP contribution < -0.4 is 0 Å². The second-order valence-electron chi connectivity index (χ2n) is 4.45. The van der Waals surface area contributed by atoms with E-state index in [1.807, 2.05) is 0 Å². The van der Waals surface area contributed by atoms with Gasteiger partial charge in [0, 0.05) is 6.54 Å². The van der Waals surface area contributed by atoms with Gasteiger partial charge in [-0.25, -0.2) is 13.2 Å². The molecule has 0 aliphatic carbocycles. The first kappa shape index (κ1) is 15.5. The fourth-order valence-corrected chi connectivity index (χ4v) is 3.73. The Morgan fingerprint density at radius 3 is 2.81 bits per heavy atom. The van der Waals surface area contributed by atoms with Gasteiger partial charge in [-0.2, -0.15) is 4.31 Å². The number of carboxylic acids is 1. The van der Waals surface area contributed by atoms with Gasteiger partial charge in [-0.3, -0.25) is 4.79 Å². The van der Waals surface area contributed by atoms with Gasteiger partial charge in [0.15, 0.2) is 0 Å². The molecule has 1 aliphatic heterocycles. The quantitative estimate of drug-likeness (QED) is 0.795. The molecule has 1 fully saturated rings. The molecule has 0 spiro atoms. The minimum Gasteiger partial charge on any atom is -0.480 e. The van der Waals surface area contributed by atoms with Crippen molar-refractivity contribution in [3.63, 3.8) is 0 Å². The van der Waals surface area contributed by atoms with E-state index in [9.17, 15) is 18.0 Å². The summed E-state index contributed by atoms with van der Waals surface area (Å²) in [6.07, 6.45) is 0.710. The molecular formula is C12H15NO7S. The van der Waals surface area contributed by atoms with Gasteiger partial charge >= 0.3 is 11.9 Å². The van der Waals surface area contributed by atoms with Crippen molar-refractivity contribution in [3.05, 3.63) is 17.9 Å². The van der Waals surface area contributed by atoms with Crippen LogP contribution in [0.15, 0.2) is 21.6 Å². The molecule has 1 N–H and O–H groups in total. The molecule has 21 heavy (non-hydrogen) atoms. The zero-order valence-electron chi connectivity index (χ0n) is 11.3. The van der Waals surface area contributed by atoms with Crippen molar-refractivity contribution in [2.75, 3.05) is 13.2 Å². The summed E-state index contributed by atoms with van der Waals surface area (Å²) in [6.45, 7) is 1.85. The minimum atomic E-state index is -4.08. The van der Waals surface area contributed by atoms with Crippen molar-refractivity contribution in [1.29, 1.82) is 0 Å². The highest BCUT2D eigenvalue weighted by Gasteiger charge is 2.41. The topological polar surface area (TPSA) is 114 Å². The summed E-state index contributed by atoms with van der Waals surface area (Å²) in [5, 5.41) is 8.59. The van der Waals surface area contributed by atoms with Gasteiger partial charge in [0.25, 0.3) is 10.0 Å². The van der Waals surface area contributed by atoms with Crippen LogP contribution in [0, 0.1) is 0 Å². The number of hydrogen-bond donors (Lipinski definition) is 1. The largest absolute Gasteiger partial charge is 0.480 e. The average molecular weight is 317 g/mol. The number of rotatable bonds is 5. The lowest BCUT2D eigenvalue weighted by molar-refractivity contribution is -0.140. The van der Waals surface area contributed by atoms with Crippen LogP contribution in [0.3, 0.4) is 0 Å².